The number of pyridine rings is 2. The van der Waals surface area contributed by atoms with Crippen molar-refractivity contribution in [2.45, 2.75) is 26.3 Å². The molecular formula is C20H23N5O3. The number of hydrogen-bond acceptors (Lipinski definition) is 6. The summed E-state index contributed by atoms with van der Waals surface area (Å²) in [5, 5.41) is 7.42. The average molecular weight is 381 g/mol. The molecule has 0 atom stereocenters. The molecule has 0 spiro atoms. The normalized spacial score (nSPS) is 11.2. The Morgan fingerprint density at radius 1 is 1.07 bits per heavy atom. The summed E-state index contributed by atoms with van der Waals surface area (Å²) < 4.78 is 12.0. The van der Waals surface area contributed by atoms with Gasteiger partial charge in [0.15, 0.2) is 5.69 Å². The number of amides is 1. The van der Waals surface area contributed by atoms with Crippen LogP contribution in [0.5, 0.6) is 11.6 Å². The average Bonchev–Trinajstić information content (AvgIpc) is 3.12. The van der Waals surface area contributed by atoms with Crippen LogP contribution in [0.15, 0.2) is 42.7 Å². The second-order valence-electron chi connectivity index (χ2n) is 7.17. The zero-order valence-corrected chi connectivity index (χ0v) is 16.6. The minimum absolute atomic E-state index is 0.267. The molecule has 0 saturated heterocycles. The van der Waals surface area contributed by atoms with E-state index in [2.05, 4.69) is 20.4 Å². The first-order valence-corrected chi connectivity index (χ1v) is 8.74. The van der Waals surface area contributed by atoms with Gasteiger partial charge in [-0.15, -0.1) is 0 Å². The number of carbonyl (C=O) groups excluding carboxylic acids is 1. The van der Waals surface area contributed by atoms with Crippen molar-refractivity contribution in [3.8, 4) is 28.7 Å². The maximum Gasteiger partial charge on any atom is 0.272 e. The summed E-state index contributed by atoms with van der Waals surface area (Å²) in [5.41, 5.74) is 1.85. The van der Waals surface area contributed by atoms with Gasteiger partial charge >= 0.3 is 0 Å². The van der Waals surface area contributed by atoms with Gasteiger partial charge in [0, 0.05) is 23.9 Å². The molecule has 1 amide bonds. The first-order chi connectivity index (χ1) is 13.3. The lowest BCUT2D eigenvalue weighted by Gasteiger charge is -2.19. The SMILES string of the molecule is COc1ccnc(-c2cc(C(=O)NC(C)(C)C)nn2-c2ccc(OC)nc2)c1. The molecule has 3 rings (SSSR count). The zero-order chi connectivity index (χ0) is 20.3. The molecular weight excluding hydrogens is 358 g/mol. The quantitative estimate of drug-likeness (QED) is 0.731. The van der Waals surface area contributed by atoms with Crippen molar-refractivity contribution in [2.75, 3.05) is 14.2 Å². The molecule has 0 fully saturated rings. The van der Waals surface area contributed by atoms with E-state index in [0.717, 1.165) is 0 Å². The van der Waals surface area contributed by atoms with Crippen LogP contribution in [0.4, 0.5) is 0 Å². The van der Waals surface area contributed by atoms with E-state index < -0.39 is 0 Å². The van der Waals surface area contributed by atoms with Crippen molar-refractivity contribution in [3.63, 3.8) is 0 Å². The van der Waals surface area contributed by atoms with E-state index in [-0.39, 0.29) is 17.1 Å². The van der Waals surface area contributed by atoms with E-state index in [4.69, 9.17) is 9.47 Å². The smallest absolute Gasteiger partial charge is 0.272 e. The molecule has 0 radical (unpaired) electrons. The van der Waals surface area contributed by atoms with E-state index >= 15 is 0 Å². The molecule has 0 bridgehead atoms. The summed E-state index contributed by atoms with van der Waals surface area (Å²) in [6.07, 6.45) is 3.27. The Bertz CT molecular complexity index is 974. The molecule has 3 aromatic rings. The molecule has 3 aromatic heterocycles. The lowest BCUT2D eigenvalue weighted by Crippen LogP contribution is -2.40. The van der Waals surface area contributed by atoms with Gasteiger partial charge in [-0.1, -0.05) is 0 Å². The second kappa shape index (κ2) is 7.67. The third kappa shape index (κ3) is 4.28. The fourth-order valence-corrected chi connectivity index (χ4v) is 2.57. The number of rotatable bonds is 5. The van der Waals surface area contributed by atoms with Crippen LogP contribution in [0, 0.1) is 0 Å². The Morgan fingerprint density at radius 2 is 1.86 bits per heavy atom. The number of ether oxygens (including phenoxy) is 2. The summed E-state index contributed by atoms with van der Waals surface area (Å²) >= 11 is 0. The minimum atomic E-state index is -0.378. The largest absolute Gasteiger partial charge is 0.497 e. The Kier molecular flexibility index (Phi) is 5.30. The van der Waals surface area contributed by atoms with Gasteiger partial charge in [0.1, 0.15) is 5.75 Å². The summed E-state index contributed by atoms with van der Waals surface area (Å²) in [6.45, 7) is 5.75. The van der Waals surface area contributed by atoms with Crippen molar-refractivity contribution in [3.05, 3.63) is 48.4 Å². The van der Waals surface area contributed by atoms with Crippen molar-refractivity contribution < 1.29 is 14.3 Å². The van der Waals surface area contributed by atoms with Gasteiger partial charge in [0.05, 0.1) is 37.5 Å². The standard InChI is InChI=1S/C20H23N5O3/c1-20(2,3)23-19(26)16-11-17(15-10-14(27-4)8-9-21-15)25(24-16)13-6-7-18(28-5)22-12-13/h6-12H,1-5H3,(H,23,26). The number of hydrogen-bond donors (Lipinski definition) is 1. The molecule has 8 heteroatoms. The number of aromatic nitrogens is 4. The van der Waals surface area contributed by atoms with Gasteiger partial charge in [-0.05, 0) is 39.0 Å². The van der Waals surface area contributed by atoms with Crippen LogP contribution < -0.4 is 14.8 Å². The highest BCUT2D eigenvalue weighted by Gasteiger charge is 2.21. The Labute approximate surface area is 163 Å². The predicted molar refractivity (Wildman–Crippen MR) is 105 cm³/mol. The minimum Gasteiger partial charge on any atom is -0.497 e. The summed E-state index contributed by atoms with van der Waals surface area (Å²) in [4.78, 5) is 21.3. The van der Waals surface area contributed by atoms with E-state index in [0.29, 0.717) is 28.7 Å². The molecule has 0 aliphatic carbocycles. The Hall–Kier alpha value is -3.42. The highest BCUT2D eigenvalue weighted by Crippen LogP contribution is 2.25. The molecule has 8 nitrogen and oxygen atoms in total. The highest BCUT2D eigenvalue weighted by molar-refractivity contribution is 5.94. The van der Waals surface area contributed by atoms with E-state index in [1.165, 1.54) is 0 Å². The summed E-state index contributed by atoms with van der Waals surface area (Å²) in [7, 11) is 3.14. The molecule has 28 heavy (non-hydrogen) atoms. The van der Waals surface area contributed by atoms with Crippen LogP contribution in [0.1, 0.15) is 31.3 Å². The van der Waals surface area contributed by atoms with Crippen LogP contribution in [0.25, 0.3) is 17.1 Å². The van der Waals surface area contributed by atoms with E-state index in [9.17, 15) is 4.79 Å². The molecule has 1 N–H and O–H groups in total. The number of nitrogens with zero attached hydrogens (tertiary/aromatic N) is 4. The topological polar surface area (TPSA) is 91.2 Å². The molecule has 0 saturated carbocycles. The number of methoxy groups -OCH3 is 2. The highest BCUT2D eigenvalue weighted by atomic mass is 16.5. The molecule has 0 aromatic carbocycles. The number of nitrogens with one attached hydrogen (secondary N) is 1. The van der Waals surface area contributed by atoms with Gasteiger partial charge in [0.2, 0.25) is 5.88 Å². The first kappa shape index (κ1) is 19.3. The Balaban J connectivity index is 2.10. The van der Waals surface area contributed by atoms with Gasteiger partial charge in [-0.2, -0.15) is 5.10 Å². The summed E-state index contributed by atoms with van der Waals surface area (Å²) in [5.74, 6) is 0.880. The van der Waals surface area contributed by atoms with Gasteiger partial charge in [-0.25, -0.2) is 9.67 Å². The first-order valence-electron chi connectivity index (χ1n) is 8.74. The lowest BCUT2D eigenvalue weighted by molar-refractivity contribution is 0.0914. The summed E-state index contributed by atoms with van der Waals surface area (Å²) in [6, 6.07) is 8.79. The maximum absolute atomic E-state index is 12.6. The van der Waals surface area contributed by atoms with Crippen LogP contribution >= 0.6 is 0 Å². The third-order valence-electron chi connectivity index (χ3n) is 3.83. The molecule has 146 valence electrons. The fourth-order valence-electron chi connectivity index (χ4n) is 2.57. The molecule has 3 heterocycles. The fraction of sp³-hybridized carbons (Fsp3) is 0.300. The predicted octanol–water partition coefficient (Wildman–Crippen LogP) is 2.87. The third-order valence-corrected chi connectivity index (χ3v) is 3.83. The lowest BCUT2D eigenvalue weighted by atomic mass is 10.1. The van der Waals surface area contributed by atoms with Crippen molar-refractivity contribution in [1.82, 2.24) is 25.1 Å². The number of carbonyl (C=O) groups is 1. The van der Waals surface area contributed by atoms with E-state index in [1.54, 1.807) is 55.6 Å². The molecule has 0 aliphatic heterocycles. The van der Waals surface area contributed by atoms with Gasteiger partial charge in [-0.3, -0.25) is 9.78 Å². The second-order valence-corrected chi connectivity index (χ2v) is 7.17. The van der Waals surface area contributed by atoms with Crippen molar-refractivity contribution in [2.24, 2.45) is 0 Å². The molecule has 0 unspecified atom stereocenters. The monoisotopic (exact) mass is 381 g/mol. The maximum atomic E-state index is 12.6. The zero-order valence-electron chi connectivity index (χ0n) is 16.6. The molecule has 0 aliphatic rings. The van der Waals surface area contributed by atoms with Crippen molar-refractivity contribution >= 4 is 5.91 Å². The van der Waals surface area contributed by atoms with Gasteiger partial charge in [0.25, 0.3) is 5.91 Å². The van der Waals surface area contributed by atoms with Crippen LogP contribution in [-0.4, -0.2) is 45.4 Å². The van der Waals surface area contributed by atoms with Crippen LogP contribution in [0.3, 0.4) is 0 Å². The van der Waals surface area contributed by atoms with Crippen LogP contribution in [0.2, 0.25) is 0 Å². The van der Waals surface area contributed by atoms with Gasteiger partial charge < -0.3 is 14.8 Å². The Morgan fingerprint density at radius 3 is 2.46 bits per heavy atom. The van der Waals surface area contributed by atoms with Crippen molar-refractivity contribution in [1.29, 1.82) is 0 Å². The van der Waals surface area contributed by atoms with E-state index in [1.807, 2.05) is 26.8 Å². The van der Waals surface area contributed by atoms with Crippen LogP contribution in [-0.2, 0) is 0 Å².